The van der Waals surface area contributed by atoms with Crippen LogP contribution in [0.3, 0.4) is 0 Å². The van der Waals surface area contributed by atoms with Gasteiger partial charge in [0.15, 0.2) is 11.3 Å². The largest absolute Gasteiger partial charge is 0.274 e. The molecule has 178 valence electrons. The third-order valence-corrected chi connectivity index (χ3v) is 9.46. The Morgan fingerprint density at radius 2 is 2.09 bits per heavy atom. The average molecular weight is 491 g/mol. The maximum Gasteiger partial charge on any atom is 0.211 e. The molecule has 1 saturated carbocycles. The van der Waals surface area contributed by atoms with Crippen LogP contribution in [0.4, 0.5) is 0 Å². The molecular formula is C22H30N6O3S2. The predicted octanol–water partition coefficient (Wildman–Crippen LogP) is 3.00. The van der Waals surface area contributed by atoms with Crippen molar-refractivity contribution < 1.29 is 12.6 Å². The average Bonchev–Trinajstić information content (AvgIpc) is 3.49. The molecule has 1 aliphatic carbocycles. The van der Waals surface area contributed by atoms with E-state index in [2.05, 4.69) is 32.4 Å². The Bertz CT molecular complexity index is 1430. The van der Waals surface area contributed by atoms with Crippen LogP contribution in [0.1, 0.15) is 57.7 Å². The molecular weight excluding hydrogens is 460 g/mol. The highest BCUT2D eigenvalue weighted by Crippen LogP contribution is 2.35. The minimum absolute atomic E-state index is 0.0509. The standard InChI is InChI=1S/C22H30N6O3S2/c1-5-7-13-33(30,31)26-18-10-9-17(14-18)21-25-24-20-15-23-22-19(28(20)21)11-12-27(22)32(4,29)16(3)8-6-2/h6,8,11-12,15,17-18,26H,3-5,7,9-10,13-14H2,1-2H3/b8-6-/t17-,18+,32?/m1/s1. The molecule has 11 heteroatoms. The second-order valence-corrected chi connectivity index (χ2v) is 12.5. The summed E-state index contributed by atoms with van der Waals surface area (Å²) >= 11 is 0. The van der Waals surface area contributed by atoms with Crippen LogP contribution in [0.5, 0.6) is 0 Å². The molecule has 0 radical (unpaired) electrons. The first-order valence-corrected chi connectivity index (χ1v) is 14.4. The highest BCUT2D eigenvalue weighted by atomic mass is 32.2. The van der Waals surface area contributed by atoms with Crippen LogP contribution in [-0.4, -0.2) is 53.8 Å². The minimum Gasteiger partial charge on any atom is -0.274 e. The summed E-state index contributed by atoms with van der Waals surface area (Å²) in [5, 5.41) is 8.69. The molecule has 0 spiro atoms. The Labute approximate surface area is 194 Å². The predicted molar refractivity (Wildman–Crippen MR) is 133 cm³/mol. The van der Waals surface area contributed by atoms with Crippen molar-refractivity contribution in [2.24, 2.45) is 0 Å². The molecule has 33 heavy (non-hydrogen) atoms. The molecule has 1 fully saturated rings. The first kappa shape index (κ1) is 23.7. The second kappa shape index (κ2) is 9.03. The van der Waals surface area contributed by atoms with Crippen LogP contribution in [0.15, 0.2) is 42.1 Å². The van der Waals surface area contributed by atoms with E-state index < -0.39 is 19.7 Å². The number of allylic oxidation sites excluding steroid dienone is 2. The maximum atomic E-state index is 13.4. The SMILES string of the molecule is C=C(/C=C\C)S(=C)(=O)n1ccc2c1ncc1nnc([C@@H]3CC[C@H](NS(=O)(=O)CCCC)C3)n12. The normalized spacial score (nSPS) is 21.3. The van der Waals surface area contributed by atoms with Gasteiger partial charge in [-0.3, -0.25) is 8.37 Å². The van der Waals surface area contributed by atoms with Gasteiger partial charge >= 0.3 is 0 Å². The molecule has 3 aromatic heterocycles. The number of rotatable bonds is 9. The van der Waals surface area contributed by atoms with Crippen LogP contribution < -0.4 is 4.72 Å². The second-order valence-electron chi connectivity index (χ2n) is 8.46. The fourth-order valence-corrected chi connectivity index (χ4v) is 7.13. The number of aromatic nitrogens is 5. The molecule has 0 aromatic carbocycles. The lowest BCUT2D eigenvalue weighted by molar-refractivity contribution is 0.544. The molecule has 0 bridgehead atoms. The zero-order valence-electron chi connectivity index (χ0n) is 19.0. The van der Waals surface area contributed by atoms with Crippen LogP contribution in [0.25, 0.3) is 16.8 Å². The van der Waals surface area contributed by atoms with Crippen LogP contribution in [-0.2, 0) is 19.7 Å². The minimum atomic E-state index is -3.28. The quantitative estimate of drug-likeness (QED) is 0.365. The molecule has 0 saturated heterocycles. The Balaban J connectivity index is 1.67. The molecule has 0 amide bonds. The fourth-order valence-electron chi connectivity index (χ4n) is 4.34. The molecule has 4 rings (SSSR count). The Kier molecular flexibility index (Phi) is 6.47. The Hall–Kier alpha value is -2.50. The molecule has 9 nitrogen and oxygen atoms in total. The fraction of sp³-hybridized carbons (Fsp3) is 0.455. The summed E-state index contributed by atoms with van der Waals surface area (Å²) in [5.74, 6) is 4.87. The van der Waals surface area contributed by atoms with Gasteiger partial charge in [-0.25, -0.2) is 22.3 Å². The summed E-state index contributed by atoms with van der Waals surface area (Å²) in [5.41, 5.74) is 1.82. The number of unbranched alkanes of at least 4 members (excludes halogenated alkanes) is 1. The number of hydrogen-bond acceptors (Lipinski definition) is 6. The van der Waals surface area contributed by atoms with Crippen LogP contribution >= 0.6 is 0 Å². The highest BCUT2D eigenvalue weighted by molar-refractivity contribution is 8.02. The van der Waals surface area contributed by atoms with Crippen molar-refractivity contribution in [3.63, 3.8) is 0 Å². The van der Waals surface area contributed by atoms with Gasteiger partial charge in [-0.1, -0.05) is 26.0 Å². The maximum absolute atomic E-state index is 13.4. The monoisotopic (exact) mass is 490 g/mol. The summed E-state index contributed by atoms with van der Waals surface area (Å²) < 4.78 is 44.3. The van der Waals surface area contributed by atoms with Gasteiger partial charge in [-0.05, 0) is 50.6 Å². The summed E-state index contributed by atoms with van der Waals surface area (Å²) in [6.45, 7) is 7.71. The van der Waals surface area contributed by atoms with Crippen molar-refractivity contribution >= 4 is 42.4 Å². The lowest BCUT2D eigenvalue weighted by atomic mass is 10.1. The topological polar surface area (TPSA) is 111 Å². The van der Waals surface area contributed by atoms with E-state index >= 15 is 0 Å². The molecule has 3 atom stereocenters. The Morgan fingerprint density at radius 1 is 1.30 bits per heavy atom. The smallest absolute Gasteiger partial charge is 0.211 e. The summed E-state index contributed by atoms with van der Waals surface area (Å²) in [6, 6.07) is 1.71. The van der Waals surface area contributed by atoms with E-state index in [0.29, 0.717) is 29.0 Å². The molecule has 1 unspecified atom stereocenters. The van der Waals surface area contributed by atoms with Gasteiger partial charge in [-0.15, -0.1) is 10.2 Å². The number of sulfonamides is 1. The lowest BCUT2D eigenvalue weighted by Crippen LogP contribution is -2.34. The Morgan fingerprint density at radius 3 is 2.82 bits per heavy atom. The van der Waals surface area contributed by atoms with Crippen molar-refractivity contribution in [2.75, 3.05) is 5.75 Å². The summed E-state index contributed by atoms with van der Waals surface area (Å²) in [4.78, 5) is 4.88. The molecule has 0 aliphatic heterocycles. The van der Waals surface area contributed by atoms with Crippen molar-refractivity contribution in [1.29, 1.82) is 0 Å². The zero-order valence-corrected chi connectivity index (χ0v) is 20.6. The lowest BCUT2D eigenvalue weighted by Gasteiger charge is -2.14. The third-order valence-electron chi connectivity index (χ3n) is 6.05. The van der Waals surface area contributed by atoms with Gasteiger partial charge in [-0.2, -0.15) is 0 Å². The van der Waals surface area contributed by atoms with Crippen molar-refractivity contribution in [1.82, 2.24) is 28.3 Å². The highest BCUT2D eigenvalue weighted by Gasteiger charge is 2.32. The first-order valence-electron chi connectivity index (χ1n) is 11.1. The van der Waals surface area contributed by atoms with E-state index in [9.17, 15) is 12.6 Å². The molecule has 3 aromatic rings. The van der Waals surface area contributed by atoms with E-state index in [1.165, 1.54) is 0 Å². The molecule has 1 aliphatic rings. The van der Waals surface area contributed by atoms with Crippen LogP contribution in [0.2, 0.25) is 0 Å². The van der Waals surface area contributed by atoms with E-state index in [4.69, 9.17) is 0 Å². The molecule has 3 heterocycles. The van der Waals surface area contributed by atoms with E-state index in [1.54, 1.807) is 28.5 Å². The van der Waals surface area contributed by atoms with Crippen LogP contribution in [0, 0.1) is 0 Å². The van der Waals surface area contributed by atoms with E-state index in [1.807, 2.05) is 24.3 Å². The third kappa shape index (κ3) is 4.49. The van der Waals surface area contributed by atoms with Crippen molar-refractivity contribution in [3.8, 4) is 0 Å². The number of fused-ring (bicyclic) bond motifs is 3. The van der Waals surface area contributed by atoms with E-state index in [-0.39, 0.29) is 17.7 Å². The number of nitrogens with zero attached hydrogens (tertiary/aromatic N) is 5. The number of nitrogens with one attached hydrogen (secondary N) is 1. The molecule has 1 N–H and O–H groups in total. The summed E-state index contributed by atoms with van der Waals surface area (Å²) in [6.07, 6.45) is 10.4. The van der Waals surface area contributed by atoms with Gasteiger partial charge in [0.2, 0.25) is 10.0 Å². The van der Waals surface area contributed by atoms with Gasteiger partial charge in [0, 0.05) is 23.1 Å². The first-order chi connectivity index (χ1) is 15.7. The van der Waals surface area contributed by atoms with Gasteiger partial charge < -0.3 is 0 Å². The van der Waals surface area contributed by atoms with Gasteiger partial charge in [0.1, 0.15) is 5.82 Å². The van der Waals surface area contributed by atoms with Gasteiger partial charge in [0.05, 0.1) is 27.2 Å². The summed E-state index contributed by atoms with van der Waals surface area (Å²) in [7, 11) is -6.14. The van der Waals surface area contributed by atoms with Gasteiger partial charge in [0.25, 0.3) is 0 Å². The van der Waals surface area contributed by atoms with Crippen molar-refractivity contribution in [3.05, 3.63) is 47.9 Å². The zero-order chi connectivity index (χ0) is 23.8. The van der Waals surface area contributed by atoms with Crippen molar-refractivity contribution in [2.45, 2.75) is 57.9 Å². The number of hydrogen-bond donors (Lipinski definition) is 1. The van der Waals surface area contributed by atoms with E-state index in [0.717, 1.165) is 30.6 Å².